The molecule has 0 aliphatic rings. The average molecular weight is 257 g/mol. The zero-order chi connectivity index (χ0) is 12.7. The van der Waals surface area contributed by atoms with Gasteiger partial charge in [-0.05, 0) is 18.1 Å². The Morgan fingerprint density at radius 2 is 2.29 bits per heavy atom. The van der Waals surface area contributed by atoms with Crippen LogP contribution in [-0.4, -0.2) is 30.8 Å². The molecule has 1 aromatic heterocycles. The molecular formula is C12H19NO3S. The quantitative estimate of drug-likeness (QED) is 0.701. The topological polar surface area (TPSA) is 58.6 Å². The standard InChI is InChI=1S/C12H19NO3S/c1-9(2)8-16-6-5-13-7-10-3-4-11(17-10)12(14)15/h3-4,9,13H,5-8H2,1-2H3,(H,14,15). The molecule has 1 heterocycles. The molecular weight excluding hydrogens is 238 g/mol. The summed E-state index contributed by atoms with van der Waals surface area (Å²) in [5, 5.41) is 12.0. The zero-order valence-corrected chi connectivity index (χ0v) is 11.0. The van der Waals surface area contributed by atoms with Crippen LogP contribution in [0.2, 0.25) is 0 Å². The highest BCUT2D eigenvalue weighted by atomic mass is 32.1. The molecule has 0 aromatic carbocycles. The fourth-order valence-electron chi connectivity index (χ4n) is 1.26. The van der Waals surface area contributed by atoms with Crippen LogP contribution >= 0.6 is 11.3 Å². The van der Waals surface area contributed by atoms with E-state index in [2.05, 4.69) is 19.2 Å². The number of aromatic carboxylic acids is 1. The van der Waals surface area contributed by atoms with Gasteiger partial charge in [-0.25, -0.2) is 4.79 Å². The minimum atomic E-state index is -0.860. The van der Waals surface area contributed by atoms with E-state index < -0.39 is 5.97 Å². The van der Waals surface area contributed by atoms with Gasteiger partial charge in [0.1, 0.15) is 4.88 Å². The fourth-order valence-corrected chi connectivity index (χ4v) is 2.08. The van der Waals surface area contributed by atoms with Crippen molar-refractivity contribution in [1.82, 2.24) is 5.32 Å². The molecule has 0 saturated heterocycles. The van der Waals surface area contributed by atoms with Crippen LogP contribution in [0.4, 0.5) is 0 Å². The summed E-state index contributed by atoms with van der Waals surface area (Å²) in [7, 11) is 0. The first-order valence-corrected chi connectivity index (χ1v) is 6.51. The van der Waals surface area contributed by atoms with Crippen LogP contribution in [0, 0.1) is 5.92 Å². The number of carboxylic acids is 1. The minimum absolute atomic E-state index is 0.387. The lowest BCUT2D eigenvalue weighted by Gasteiger charge is -2.07. The summed E-state index contributed by atoms with van der Waals surface area (Å²) in [5.41, 5.74) is 0. The number of hydrogen-bond acceptors (Lipinski definition) is 4. The highest BCUT2D eigenvalue weighted by molar-refractivity contribution is 7.13. The summed E-state index contributed by atoms with van der Waals surface area (Å²) in [6.45, 7) is 7.19. The molecule has 0 atom stereocenters. The van der Waals surface area contributed by atoms with Crippen LogP contribution < -0.4 is 5.32 Å². The number of rotatable bonds is 8. The van der Waals surface area contributed by atoms with Gasteiger partial charge in [-0.15, -0.1) is 11.3 Å². The van der Waals surface area contributed by atoms with E-state index in [9.17, 15) is 4.79 Å². The van der Waals surface area contributed by atoms with Crippen molar-refractivity contribution >= 4 is 17.3 Å². The van der Waals surface area contributed by atoms with Crippen molar-refractivity contribution in [3.8, 4) is 0 Å². The van der Waals surface area contributed by atoms with Crippen LogP contribution in [-0.2, 0) is 11.3 Å². The van der Waals surface area contributed by atoms with E-state index in [0.717, 1.165) is 18.0 Å². The first-order chi connectivity index (χ1) is 8.09. The third kappa shape index (κ3) is 5.81. The van der Waals surface area contributed by atoms with E-state index in [0.29, 0.717) is 23.9 Å². The van der Waals surface area contributed by atoms with Gasteiger partial charge in [-0.3, -0.25) is 0 Å². The number of carbonyl (C=O) groups is 1. The van der Waals surface area contributed by atoms with Crippen LogP contribution in [0.3, 0.4) is 0 Å². The third-order valence-corrected chi connectivity index (χ3v) is 3.12. The van der Waals surface area contributed by atoms with E-state index in [1.165, 1.54) is 11.3 Å². The molecule has 0 amide bonds. The van der Waals surface area contributed by atoms with Crippen LogP contribution in [0.25, 0.3) is 0 Å². The zero-order valence-electron chi connectivity index (χ0n) is 10.2. The molecule has 0 fully saturated rings. The van der Waals surface area contributed by atoms with E-state index in [1.54, 1.807) is 6.07 Å². The van der Waals surface area contributed by atoms with Gasteiger partial charge in [-0.1, -0.05) is 13.8 Å². The summed E-state index contributed by atoms with van der Waals surface area (Å²) in [5.74, 6) is -0.299. The second-order valence-electron chi connectivity index (χ2n) is 4.22. The van der Waals surface area contributed by atoms with Gasteiger partial charge < -0.3 is 15.2 Å². The molecule has 0 spiro atoms. The van der Waals surface area contributed by atoms with Gasteiger partial charge >= 0.3 is 5.97 Å². The van der Waals surface area contributed by atoms with Crippen LogP contribution in [0.15, 0.2) is 12.1 Å². The monoisotopic (exact) mass is 257 g/mol. The molecule has 2 N–H and O–H groups in total. The van der Waals surface area contributed by atoms with Gasteiger partial charge in [0.05, 0.1) is 6.61 Å². The first kappa shape index (κ1) is 14.2. The number of nitrogens with one attached hydrogen (secondary N) is 1. The Morgan fingerprint density at radius 3 is 2.88 bits per heavy atom. The lowest BCUT2D eigenvalue weighted by molar-refractivity contribution is 0.0702. The van der Waals surface area contributed by atoms with Gasteiger partial charge in [0.15, 0.2) is 0 Å². The number of thiophene rings is 1. The molecule has 0 saturated carbocycles. The lowest BCUT2D eigenvalue weighted by Crippen LogP contribution is -2.19. The van der Waals surface area contributed by atoms with E-state index in [1.807, 2.05) is 6.07 Å². The lowest BCUT2D eigenvalue weighted by atomic mass is 10.2. The summed E-state index contributed by atoms with van der Waals surface area (Å²) in [6.07, 6.45) is 0. The molecule has 0 aliphatic carbocycles. The van der Waals surface area contributed by atoms with Gasteiger partial charge in [0.2, 0.25) is 0 Å². The number of ether oxygens (including phenoxy) is 1. The smallest absolute Gasteiger partial charge is 0.345 e. The van der Waals surface area contributed by atoms with Crippen molar-refractivity contribution in [1.29, 1.82) is 0 Å². The molecule has 0 bridgehead atoms. The Bertz CT molecular complexity index is 349. The highest BCUT2D eigenvalue weighted by Crippen LogP contribution is 2.15. The predicted octanol–water partition coefficient (Wildman–Crippen LogP) is 2.21. The second kappa shape index (κ2) is 7.42. The van der Waals surface area contributed by atoms with Crippen molar-refractivity contribution in [3.05, 3.63) is 21.9 Å². The van der Waals surface area contributed by atoms with Crippen LogP contribution in [0.5, 0.6) is 0 Å². The maximum atomic E-state index is 10.7. The Hall–Kier alpha value is -0.910. The molecule has 0 radical (unpaired) electrons. The highest BCUT2D eigenvalue weighted by Gasteiger charge is 2.06. The summed E-state index contributed by atoms with van der Waals surface area (Å²) < 4.78 is 5.42. The SMILES string of the molecule is CC(C)COCCNCc1ccc(C(=O)O)s1. The molecule has 96 valence electrons. The fraction of sp³-hybridized carbons (Fsp3) is 0.583. The molecule has 5 heteroatoms. The van der Waals surface area contributed by atoms with Gasteiger partial charge in [0.25, 0.3) is 0 Å². The summed E-state index contributed by atoms with van der Waals surface area (Å²) >= 11 is 1.31. The van der Waals surface area contributed by atoms with Gasteiger partial charge in [0, 0.05) is 24.6 Å². The maximum Gasteiger partial charge on any atom is 0.345 e. The van der Waals surface area contributed by atoms with E-state index >= 15 is 0 Å². The molecule has 1 aromatic rings. The maximum absolute atomic E-state index is 10.7. The Morgan fingerprint density at radius 1 is 1.53 bits per heavy atom. The third-order valence-electron chi connectivity index (χ3n) is 2.05. The first-order valence-electron chi connectivity index (χ1n) is 5.70. The van der Waals surface area contributed by atoms with E-state index in [-0.39, 0.29) is 0 Å². The Kier molecular flexibility index (Phi) is 6.18. The molecule has 4 nitrogen and oxygen atoms in total. The second-order valence-corrected chi connectivity index (χ2v) is 5.38. The minimum Gasteiger partial charge on any atom is -0.477 e. The molecule has 17 heavy (non-hydrogen) atoms. The largest absolute Gasteiger partial charge is 0.477 e. The van der Waals surface area contributed by atoms with Crippen molar-refractivity contribution < 1.29 is 14.6 Å². The summed E-state index contributed by atoms with van der Waals surface area (Å²) in [6, 6.07) is 3.48. The average Bonchev–Trinajstić information content (AvgIpc) is 2.71. The van der Waals surface area contributed by atoms with Gasteiger partial charge in [-0.2, -0.15) is 0 Å². The normalized spacial score (nSPS) is 11.0. The Balaban J connectivity index is 2.11. The van der Waals surface area contributed by atoms with Crippen molar-refractivity contribution in [2.24, 2.45) is 5.92 Å². The number of carboxylic acid groups (broad SMARTS) is 1. The van der Waals surface area contributed by atoms with Crippen LogP contribution in [0.1, 0.15) is 28.4 Å². The summed E-state index contributed by atoms with van der Waals surface area (Å²) in [4.78, 5) is 12.1. The Labute approximate surface area is 106 Å². The van der Waals surface area contributed by atoms with E-state index in [4.69, 9.17) is 9.84 Å². The number of hydrogen-bond donors (Lipinski definition) is 2. The molecule has 1 rings (SSSR count). The predicted molar refractivity (Wildman–Crippen MR) is 68.6 cm³/mol. The molecule has 0 unspecified atom stereocenters. The van der Waals surface area contributed by atoms with Crippen molar-refractivity contribution in [2.75, 3.05) is 19.8 Å². The van der Waals surface area contributed by atoms with Crippen molar-refractivity contribution in [2.45, 2.75) is 20.4 Å². The molecule has 0 aliphatic heterocycles. The van der Waals surface area contributed by atoms with Crippen molar-refractivity contribution in [3.63, 3.8) is 0 Å².